The highest BCUT2D eigenvalue weighted by Crippen LogP contribution is 2.16. The number of halogens is 1. The summed E-state index contributed by atoms with van der Waals surface area (Å²) in [5.74, 6) is 1.41. The van der Waals surface area contributed by atoms with Crippen molar-refractivity contribution in [2.24, 2.45) is 0 Å². The normalized spacial score (nSPS) is 14.2. The summed E-state index contributed by atoms with van der Waals surface area (Å²) in [6.45, 7) is 4.84. The summed E-state index contributed by atoms with van der Waals surface area (Å²) >= 11 is 5.86. The van der Waals surface area contributed by atoms with Crippen LogP contribution >= 0.6 is 11.6 Å². The number of rotatable bonds is 7. The second-order valence-electron chi connectivity index (χ2n) is 7.11. The monoisotopic (exact) mass is 430 g/mol. The van der Waals surface area contributed by atoms with E-state index < -0.39 is 0 Å². The molecule has 1 saturated heterocycles. The van der Waals surface area contributed by atoms with Crippen LogP contribution in [0.15, 0.2) is 48.5 Å². The second-order valence-corrected chi connectivity index (χ2v) is 7.55. The number of ether oxygens (including phenoxy) is 2. The maximum Gasteiger partial charge on any atom is 0.260 e. The molecule has 0 radical (unpaired) electrons. The predicted octanol–water partition coefficient (Wildman–Crippen LogP) is 3.42. The minimum absolute atomic E-state index is 0.0260. The van der Waals surface area contributed by atoms with Gasteiger partial charge in [0.15, 0.2) is 6.61 Å². The fourth-order valence-electron chi connectivity index (χ4n) is 3.34. The zero-order valence-electron chi connectivity index (χ0n) is 17.2. The van der Waals surface area contributed by atoms with Gasteiger partial charge in [0.2, 0.25) is 5.91 Å². The Labute approximate surface area is 182 Å². The molecular weight excluding hydrogens is 404 g/mol. The minimum Gasteiger partial charge on any atom is -0.494 e. The van der Waals surface area contributed by atoms with Crippen molar-refractivity contribution in [3.63, 3.8) is 0 Å². The molecule has 0 unspecified atom stereocenters. The largest absolute Gasteiger partial charge is 0.494 e. The van der Waals surface area contributed by atoms with Gasteiger partial charge in [-0.3, -0.25) is 9.59 Å². The molecule has 1 heterocycles. The van der Waals surface area contributed by atoms with Crippen molar-refractivity contribution < 1.29 is 19.1 Å². The van der Waals surface area contributed by atoms with Crippen LogP contribution in [0.25, 0.3) is 0 Å². The van der Waals surface area contributed by atoms with Gasteiger partial charge in [0, 0.05) is 31.2 Å². The van der Waals surface area contributed by atoms with E-state index in [4.69, 9.17) is 21.1 Å². The third-order valence-corrected chi connectivity index (χ3v) is 5.22. The second kappa shape index (κ2) is 10.9. The first kappa shape index (κ1) is 22.0. The highest BCUT2D eigenvalue weighted by Gasteiger charge is 2.22. The maximum atomic E-state index is 12.7. The molecule has 7 heteroatoms. The topological polar surface area (TPSA) is 59.1 Å². The molecule has 0 aromatic heterocycles. The standard InChI is InChI=1S/C23H27ClN2O4/c1-2-29-20-8-4-18(5-9-20)16-22(27)25-12-3-13-26(15-14-25)23(28)17-30-21-10-6-19(24)7-11-21/h4-11H,2-3,12-17H2,1H3. The molecular formula is C23H27ClN2O4. The van der Waals surface area contributed by atoms with Crippen molar-refractivity contribution in [2.75, 3.05) is 39.4 Å². The van der Waals surface area contributed by atoms with Gasteiger partial charge in [-0.15, -0.1) is 0 Å². The molecule has 160 valence electrons. The lowest BCUT2D eigenvalue weighted by molar-refractivity contribution is -0.134. The first-order chi connectivity index (χ1) is 14.5. The van der Waals surface area contributed by atoms with Crippen molar-refractivity contribution in [3.8, 4) is 11.5 Å². The summed E-state index contributed by atoms with van der Waals surface area (Å²) in [7, 11) is 0. The molecule has 0 saturated carbocycles. The number of carbonyl (C=O) groups is 2. The van der Waals surface area contributed by atoms with E-state index in [0.717, 1.165) is 17.7 Å². The highest BCUT2D eigenvalue weighted by atomic mass is 35.5. The molecule has 3 rings (SSSR count). The molecule has 0 atom stereocenters. The quantitative estimate of drug-likeness (QED) is 0.675. The molecule has 1 aliphatic rings. The van der Waals surface area contributed by atoms with Gasteiger partial charge in [-0.25, -0.2) is 0 Å². The average molecular weight is 431 g/mol. The van der Waals surface area contributed by atoms with Gasteiger partial charge in [0.05, 0.1) is 13.0 Å². The van der Waals surface area contributed by atoms with Crippen LogP contribution in [0.2, 0.25) is 5.02 Å². The summed E-state index contributed by atoms with van der Waals surface area (Å²) < 4.78 is 11.0. The fourth-order valence-corrected chi connectivity index (χ4v) is 3.47. The van der Waals surface area contributed by atoms with E-state index in [0.29, 0.717) is 50.0 Å². The van der Waals surface area contributed by atoms with Gasteiger partial charge >= 0.3 is 0 Å². The molecule has 1 fully saturated rings. The van der Waals surface area contributed by atoms with E-state index in [-0.39, 0.29) is 18.4 Å². The van der Waals surface area contributed by atoms with Crippen LogP contribution in [0.4, 0.5) is 0 Å². The van der Waals surface area contributed by atoms with E-state index >= 15 is 0 Å². The van der Waals surface area contributed by atoms with Crippen molar-refractivity contribution in [3.05, 3.63) is 59.1 Å². The van der Waals surface area contributed by atoms with Crippen LogP contribution in [0.5, 0.6) is 11.5 Å². The number of amides is 2. The van der Waals surface area contributed by atoms with Gasteiger partial charge in [-0.05, 0) is 55.3 Å². The number of benzene rings is 2. The fraction of sp³-hybridized carbons (Fsp3) is 0.391. The molecule has 6 nitrogen and oxygen atoms in total. The van der Waals surface area contributed by atoms with Crippen LogP contribution in [-0.4, -0.2) is 61.0 Å². The van der Waals surface area contributed by atoms with Crippen molar-refractivity contribution in [1.82, 2.24) is 9.80 Å². The lowest BCUT2D eigenvalue weighted by atomic mass is 10.1. The van der Waals surface area contributed by atoms with Crippen LogP contribution in [0.1, 0.15) is 18.9 Å². The van der Waals surface area contributed by atoms with E-state index in [1.807, 2.05) is 36.1 Å². The zero-order valence-corrected chi connectivity index (χ0v) is 17.9. The van der Waals surface area contributed by atoms with Gasteiger partial charge in [0.25, 0.3) is 5.91 Å². The van der Waals surface area contributed by atoms with Crippen LogP contribution in [0, 0.1) is 0 Å². The Morgan fingerprint density at radius 3 is 2.03 bits per heavy atom. The molecule has 0 N–H and O–H groups in total. The predicted molar refractivity (Wildman–Crippen MR) is 116 cm³/mol. The van der Waals surface area contributed by atoms with Crippen LogP contribution < -0.4 is 9.47 Å². The Morgan fingerprint density at radius 1 is 0.833 bits per heavy atom. The third-order valence-electron chi connectivity index (χ3n) is 4.97. The van der Waals surface area contributed by atoms with Gasteiger partial charge < -0.3 is 19.3 Å². The van der Waals surface area contributed by atoms with Crippen molar-refractivity contribution in [2.45, 2.75) is 19.8 Å². The van der Waals surface area contributed by atoms with Crippen LogP contribution in [-0.2, 0) is 16.0 Å². The number of hydrogen-bond donors (Lipinski definition) is 0. The zero-order chi connectivity index (χ0) is 21.3. The Balaban J connectivity index is 1.46. The van der Waals surface area contributed by atoms with E-state index in [1.165, 1.54) is 0 Å². The average Bonchev–Trinajstić information content (AvgIpc) is 3.01. The molecule has 0 aliphatic carbocycles. The summed E-state index contributed by atoms with van der Waals surface area (Å²) in [6.07, 6.45) is 1.10. The van der Waals surface area contributed by atoms with Crippen molar-refractivity contribution in [1.29, 1.82) is 0 Å². The van der Waals surface area contributed by atoms with E-state index in [2.05, 4.69) is 0 Å². The summed E-state index contributed by atoms with van der Waals surface area (Å²) in [6, 6.07) is 14.5. The first-order valence-corrected chi connectivity index (χ1v) is 10.6. The van der Waals surface area contributed by atoms with Crippen LogP contribution in [0.3, 0.4) is 0 Å². The van der Waals surface area contributed by atoms with Gasteiger partial charge in [-0.1, -0.05) is 23.7 Å². The van der Waals surface area contributed by atoms with E-state index in [9.17, 15) is 9.59 Å². The summed E-state index contributed by atoms with van der Waals surface area (Å²) in [5.41, 5.74) is 0.956. The first-order valence-electron chi connectivity index (χ1n) is 10.2. The maximum absolute atomic E-state index is 12.7. The molecule has 1 aliphatic heterocycles. The molecule has 2 aromatic rings. The Morgan fingerprint density at radius 2 is 1.40 bits per heavy atom. The van der Waals surface area contributed by atoms with E-state index in [1.54, 1.807) is 29.2 Å². The molecule has 2 amide bonds. The third kappa shape index (κ3) is 6.39. The molecule has 0 bridgehead atoms. The van der Waals surface area contributed by atoms with Gasteiger partial charge in [0.1, 0.15) is 11.5 Å². The SMILES string of the molecule is CCOc1ccc(CC(=O)N2CCCN(C(=O)COc3ccc(Cl)cc3)CC2)cc1. The number of nitrogens with zero attached hydrogens (tertiary/aromatic N) is 2. The van der Waals surface area contributed by atoms with Crippen molar-refractivity contribution >= 4 is 23.4 Å². The molecule has 30 heavy (non-hydrogen) atoms. The minimum atomic E-state index is -0.0780. The lowest BCUT2D eigenvalue weighted by Gasteiger charge is -2.22. The van der Waals surface area contributed by atoms with Gasteiger partial charge in [-0.2, -0.15) is 0 Å². The number of carbonyl (C=O) groups excluding carboxylic acids is 2. The Bertz CT molecular complexity index is 839. The Hall–Kier alpha value is -2.73. The lowest BCUT2D eigenvalue weighted by Crippen LogP contribution is -2.39. The summed E-state index contributed by atoms with van der Waals surface area (Å²) in [4.78, 5) is 28.8. The summed E-state index contributed by atoms with van der Waals surface area (Å²) in [5, 5.41) is 0.621. The smallest absolute Gasteiger partial charge is 0.260 e. The Kier molecular flexibility index (Phi) is 7.97. The molecule has 2 aromatic carbocycles. The highest BCUT2D eigenvalue weighted by molar-refractivity contribution is 6.30. The molecule has 0 spiro atoms. The number of hydrogen-bond acceptors (Lipinski definition) is 4.